The molecule has 2 fully saturated rings. The molecule has 33 heavy (non-hydrogen) atoms. The van der Waals surface area contributed by atoms with E-state index in [1.54, 1.807) is 23.7 Å². The third kappa shape index (κ3) is 5.55. The van der Waals surface area contributed by atoms with Crippen LogP contribution in [-0.2, 0) is 22.5 Å². The number of carbonyl (C=O) groups is 1. The van der Waals surface area contributed by atoms with Crippen LogP contribution in [-0.4, -0.2) is 83.1 Å². The number of piperazine rings is 1. The van der Waals surface area contributed by atoms with E-state index < -0.39 is 0 Å². The summed E-state index contributed by atoms with van der Waals surface area (Å²) >= 11 is 1.60. The molecular weight excluding hydrogens is 436 g/mol. The molecule has 0 spiro atoms. The van der Waals surface area contributed by atoms with E-state index in [1.807, 2.05) is 16.3 Å². The standard InChI is InChI=1S/C24H28N6O2S/c31-22(29-8-10-30(11-9-29)24-25-6-1-7-26-24)16-21-18-33-23(27-21)20-4-2-19(3-5-20)17-28-12-14-32-15-13-28/h1-7,18H,8-17H2. The van der Waals surface area contributed by atoms with Crippen molar-refractivity contribution in [2.24, 2.45) is 0 Å². The summed E-state index contributed by atoms with van der Waals surface area (Å²) in [7, 11) is 0. The molecule has 3 aromatic rings. The van der Waals surface area contributed by atoms with E-state index in [0.717, 1.165) is 68.2 Å². The molecule has 172 valence electrons. The third-order valence-corrected chi connectivity index (χ3v) is 7.00. The Kier molecular flexibility index (Phi) is 6.89. The molecule has 2 aliphatic heterocycles. The average Bonchev–Trinajstić information content (AvgIpc) is 3.34. The summed E-state index contributed by atoms with van der Waals surface area (Å²) in [5.41, 5.74) is 3.24. The monoisotopic (exact) mass is 464 g/mol. The smallest absolute Gasteiger partial charge is 0.228 e. The summed E-state index contributed by atoms with van der Waals surface area (Å²) in [6.07, 6.45) is 3.84. The molecule has 1 amide bonds. The van der Waals surface area contributed by atoms with Crippen LogP contribution in [0.3, 0.4) is 0 Å². The fraction of sp³-hybridized carbons (Fsp3) is 0.417. The van der Waals surface area contributed by atoms with Crippen LogP contribution in [0.5, 0.6) is 0 Å². The Hall–Kier alpha value is -2.88. The Morgan fingerprint density at radius 3 is 2.42 bits per heavy atom. The molecule has 0 unspecified atom stereocenters. The van der Waals surface area contributed by atoms with Gasteiger partial charge in [-0.15, -0.1) is 11.3 Å². The lowest BCUT2D eigenvalue weighted by atomic mass is 10.1. The minimum Gasteiger partial charge on any atom is -0.379 e. The molecule has 2 aromatic heterocycles. The fourth-order valence-corrected chi connectivity index (χ4v) is 4.99. The van der Waals surface area contributed by atoms with Crippen molar-refractivity contribution in [1.29, 1.82) is 0 Å². The second-order valence-electron chi connectivity index (χ2n) is 8.32. The van der Waals surface area contributed by atoms with Gasteiger partial charge in [0.05, 0.1) is 25.3 Å². The van der Waals surface area contributed by atoms with Gasteiger partial charge in [-0.3, -0.25) is 9.69 Å². The molecule has 0 aliphatic carbocycles. The van der Waals surface area contributed by atoms with Crippen molar-refractivity contribution >= 4 is 23.2 Å². The van der Waals surface area contributed by atoms with Gasteiger partial charge in [-0.05, 0) is 11.6 Å². The molecular formula is C24H28N6O2S. The predicted molar refractivity (Wildman–Crippen MR) is 128 cm³/mol. The van der Waals surface area contributed by atoms with Crippen molar-refractivity contribution in [3.63, 3.8) is 0 Å². The van der Waals surface area contributed by atoms with Gasteiger partial charge < -0.3 is 14.5 Å². The Labute approximate surface area is 197 Å². The zero-order valence-electron chi connectivity index (χ0n) is 18.6. The maximum atomic E-state index is 12.8. The molecule has 5 rings (SSSR count). The summed E-state index contributed by atoms with van der Waals surface area (Å²) in [6.45, 7) is 7.40. The number of carbonyl (C=O) groups excluding carboxylic acids is 1. The number of anilines is 1. The van der Waals surface area contributed by atoms with Gasteiger partial charge in [0.1, 0.15) is 5.01 Å². The number of rotatable bonds is 6. The molecule has 0 bridgehead atoms. The first-order chi connectivity index (χ1) is 16.2. The lowest BCUT2D eigenvalue weighted by Gasteiger charge is -2.34. The maximum absolute atomic E-state index is 12.8. The Bertz CT molecular complexity index is 1040. The third-order valence-electron chi connectivity index (χ3n) is 6.06. The summed E-state index contributed by atoms with van der Waals surface area (Å²) in [4.78, 5) is 32.6. The van der Waals surface area contributed by atoms with Gasteiger partial charge in [-0.2, -0.15) is 0 Å². The van der Waals surface area contributed by atoms with Crippen LogP contribution in [0.15, 0.2) is 48.1 Å². The van der Waals surface area contributed by atoms with E-state index in [0.29, 0.717) is 19.5 Å². The number of hydrogen-bond acceptors (Lipinski definition) is 8. The second kappa shape index (κ2) is 10.4. The molecule has 0 atom stereocenters. The van der Waals surface area contributed by atoms with Gasteiger partial charge in [-0.1, -0.05) is 24.3 Å². The first-order valence-electron chi connectivity index (χ1n) is 11.4. The van der Waals surface area contributed by atoms with Crippen LogP contribution < -0.4 is 4.90 Å². The van der Waals surface area contributed by atoms with E-state index in [1.165, 1.54) is 5.56 Å². The van der Waals surface area contributed by atoms with Gasteiger partial charge >= 0.3 is 0 Å². The first-order valence-corrected chi connectivity index (χ1v) is 12.3. The average molecular weight is 465 g/mol. The van der Waals surface area contributed by atoms with Crippen LogP contribution in [0.4, 0.5) is 5.95 Å². The highest BCUT2D eigenvalue weighted by atomic mass is 32.1. The molecule has 1 aromatic carbocycles. The van der Waals surface area contributed by atoms with E-state index in [-0.39, 0.29) is 5.91 Å². The summed E-state index contributed by atoms with van der Waals surface area (Å²) < 4.78 is 5.42. The lowest BCUT2D eigenvalue weighted by molar-refractivity contribution is -0.130. The normalized spacial score (nSPS) is 17.3. The molecule has 2 aliphatic rings. The molecule has 0 N–H and O–H groups in total. The van der Waals surface area contributed by atoms with Crippen molar-refractivity contribution < 1.29 is 9.53 Å². The van der Waals surface area contributed by atoms with Crippen LogP contribution in [0.1, 0.15) is 11.3 Å². The number of morpholine rings is 1. The predicted octanol–water partition coefficient (Wildman–Crippen LogP) is 2.32. The Morgan fingerprint density at radius 2 is 1.70 bits per heavy atom. The van der Waals surface area contributed by atoms with Crippen LogP contribution in [0.25, 0.3) is 10.6 Å². The van der Waals surface area contributed by atoms with Crippen molar-refractivity contribution in [3.05, 3.63) is 59.4 Å². The summed E-state index contributed by atoms with van der Waals surface area (Å²) in [6, 6.07) is 10.4. The van der Waals surface area contributed by atoms with E-state index in [2.05, 4.69) is 44.0 Å². The summed E-state index contributed by atoms with van der Waals surface area (Å²) in [5.74, 6) is 0.853. The zero-order chi connectivity index (χ0) is 22.5. The van der Waals surface area contributed by atoms with E-state index in [9.17, 15) is 4.79 Å². The SMILES string of the molecule is O=C(Cc1csc(-c2ccc(CN3CCOCC3)cc2)n1)N1CCN(c2ncccn2)CC1. The minimum absolute atomic E-state index is 0.126. The molecule has 8 nitrogen and oxygen atoms in total. The first kappa shape index (κ1) is 21.9. The van der Waals surface area contributed by atoms with Gasteiger partial charge in [0, 0.05) is 69.2 Å². The van der Waals surface area contributed by atoms with Crippen LogP contribution in [0.2, 0.25) is 0 Å². The number of aromatic nitrogens is 3. The molecule has 0 radical (unpaired) electrons. The second-order valence-corrected chi connectivity index (χ2v) is 9.18. The molecule has 9 heteroatoms. The minimum atomic E-state index is 0.126. The number of benzene rings is 1. The number of nitrogens with zero attached hydrogens (tertiary/aromatic N) is 6. The quantitative estimate of drug-likeness (QED) is 0.554. The molecule has 2 saturated heterocycles. The number of amides is 1. The van der Waals surface area contributed by atoms with Gasteiger partial charge in [-0.25, -0.2) is 15.0 Å². The van der Waals surface area contributed by atoms with Gasteiger partial charge in [0.2, 0.25) is 11.9 Å². The molecule has 4 heterocycles. The van der Waals surface area contributed by atoms with Crippen molar-refractivity contribution in [3.8, 4) is 10.6 Å². The Balaban J connectivity index is 1.13. The highest BCUT2D eigenvalue weighted by Gasteiger charge is 2.23. The van der Waals surface area contributed by atoms with Crippen LogP contribution in [0, 0.1) is 0 Å². The number of ether oxygens (including phenoxy) is 1. The van der Waals surface area contributed by atoms with Gasteiger partial charge in [0.25, 0.3) is 0 Å². The van der Waals surface area contributed by atoms with E-state index in [4.69, 9.17) is 9.72 Å². The lowest BCUT2D eigenvalue weighted by Crippen LogP contribution is -2.49. The van der Waals surface area contributed by atoms with Crippen molar-refractivity contribution in [2.75, 3.05) is 57.4 Å². The van der Waals surface area contributed by atoms with E-state index >= 15 is 0 Å². The largest absolute Gasteiger partial charge is 0.379 e. The zero-order valence-corrected chi connectivity index (χ0v) is 19.4. The van der Waals surface area contributed by atoms with Crippen molar-refractivity contribution in [2.45, 2.75) is 13.0 Å². The molecule has 0 saturated carbocycles. The highest BCUT2D eigenvalue weighted by Crippen LogP contribution is 2.25. The van der Waals surface area contributed by atoms with Crippen LogP contribution >= 0.6 is 11.3 Å². The highest BCUT2D eigenvalue weighted by molar-refractivity contribution is 7.13. The number of thiazole rings is 1. The summed E-state index contributed by atoms with van der Waals surface area (Å²) in [5, 5.41) is 2.96. The Morgan fingerprint density at radius 1 is 0.970 bits per heavy atom. The topological polar surface area (TPSA) is 74.7 Å². The fourth-order valence-electron chi connectivity index (χ4n) is 4.17. The maximum Gasteiger partial charge on any atom is 0.228 e. The van der Waals surface area contributed by atoms with Gasteiger partial charge in [0.15, 0.2) is 0 Å². The number of hydrogen-bond donors (Lipinski definition) is 0. The van der Waals surface area contributed by atoms with Crippen molar-refractivity contribution in [1.82, 2.24) is 24.8 Å².